The molecule has 0 saturated heterocycles. The first-order chi connectivity index (χ1) is 9.51. The first kappa shape index (κ1) is 14.0. The molecule has 0 atom stereocenters. The average Bonchev–Trinajstić information content (AvgIpc) is 2.42. The van der Waals surface area contributed by atoms with Crippen molar-refractivity contribution < 1.29 is 18.8 Å². The largest absolute Gasteiger partial charge is 0.457 e. The molecule has 20 heavy (non-hydrogen) atoms. The molecule has 0 fully saturated rings. The normalized spacial score (nSPS) is 10.1. The van der Waals surface area contributed by atoms with Crippen molar-refractivity contribution in [2.75, 3.05) is 0 Å². The first-order valence-corrected chi connectivity index (χ1v) is 5.75. The Morgan fingerprint density at radius 3 is 2.45 bits per heavy atom. The van der Waals surface area contributed by atoms with E-state index in [4.69, 9.17) is 16.3 Å². The maximum absolute atomic E-state index is 13.0. The van der Waals surface area contributed by atoms with E-state index in [9.17, 15) is 19.3 Å². The number of hydrogen-bond acceptors (Lipinski definition) is 4. The molecular formula is C13H7ClFNO4. The predicted molar refractivity (Wildman–Crippen MR) is 70.0 cm³/mol. The summed E-state index contributed by atoms with van der Waals surface area (Å²) in [7, 11) is 0. The van der Waals surface area contributed by atoms with Gasteiger partial charge in [-0.1, -0.05) is 11.6 Å². The lowest BCUT2D eigenvalue weighted by Gasteiger charge is -2.07. The van der Waals surface area contributed by atoms with Gasteiger partial charge in [-0.15, -0.1) is 0 Å². The zero-order valence-corrected chi connectivity index (χ0v) is 10.6. The summed E-state index contributed by atoms with van der Waals surface area (Å²) in [6, 6.07) is 7.46. The van der Waals surface area contributed by atoms with Crippen LogP contribution in [-0.4, -0.2) is 11.2 Å². The van der Waals surface area contributed by atoms with Crippen molar-refractivity contribution in [3.63, 3.8) is 0 Å². The van der Waals surface area contributed by atoms with Gasteiger partial charge < -0.3 is 4.74 Å². The molecular weight excluding hydrogens is 289 g/mol. The van der Waals surface area contributed by atoms with E-state index in [0.29, 0.717) is 6.29 Å². The molecule has 0 bridgehead atoms. The highest BCUT2D eigenvalue weighted by atomic mass is 35.5. The maximum Gasteiger partial charge on any atom is 0.280 e. The van der Waals surface area contributed by atoms with E-state index in [1.165, 1.54) is 24.3 Å². The van der Waals surface area contributed by atoms with Gasteiger partial charge >= 0.3 is 0 Å². The van der Waals surface area contributed by atoms with Gasteiger partial charge in [-0.25, -0.2) is 4.39 Å². The van der Waals surface area contributed by atoms with E-state index >= 15 is 0 Å². The second kappa shape index (κ2) is 5.66. The van der Waals surface area contributed by atoms with Crippen LogP contribution in [0.5, 0.6) is 11.5 Å². The van der Waals surface area contributed by atoms with E-state index in [1.54, 1.807) is 0 Å². The lowest BCUT2D eigenvalue weighted by molar-refractivity contribution is -0.385. The number of carbonyl (C=O) groups is 1. The number of nitrogens with zero attached hydrogens (tertiary/aromatic N) is 1. The van der Waals surface area contributed by atoms with Crippen molar-refractivity contribution in [1.29, 1.82) is 0 Å². The second-order valence-electron chi connectivity index (χ2n) is 3.77. The van der Waals surface area contributed by atoms with Crippen LogP contribution in [0.25, 0.3) is 0 Å². The smallest absolute Gasteiger partial charge is 0.280 e. The quantitative estimate of drug-likeness (QED) is 0.486. The van der Waals surface area contributed by atoms with Crippen LogP contribution in [0.1, 0.15) is 10.4 Å². The summed E-state index contributed by atoms with van der Waals surface area (Å²) < 4.78 is 18.3. The van der Waals surface area contributed by atoms with Gasteiger partial charge in [0.1, 0.15) is 17.3 Å². The van der Waals surface area contributed by atoms with Crippen molar-refractivity contribution in [3.05, 3.63) is 62.9 Å². The van der Waals surface area contributed by atoms with Crippen LogP contribution in [0.4, 0.5) is 10.1 Å². The lowest BCUT2D eigenvalue weighted by atomic mass is 10.2. The summed E-state index contributed by atoms with van der Waals surface area (Å²) in [6.07, 6.45) is 0.364. The summed E-state index contributed by atoms with van der Waals surface area (Å²) in [5, 5.41) is 10.6. The third-order valence-corrected chi connectivity index (χ3v) is 2.74. The van der Waals surface area contributed by atoms with Crippen LogP contribution in [0.15, 0.2) is 36.4 Å². The number of rotatable bonds is 4. The Bertz CT molecular complexity index is 690. The Hall–Kier alpha value is -2.47. The highest BCUT2D eigenvalue weighted by Gasteiger charge is 2.14. The van der Waals surface area contributed by atoms with Crippen molar-refractivity contribution in [1.82, 2.24) is 0 Å². The van der Waals surface area contributed by atoms with Crippen LogP contribution in [0.2, 0.25) is 5.02 Å². The third kappa shape index (κ3) is 2.92. The number of halogens is 2. The van der Waals surface area contributed by atoms with Crippen molar-refractivity contribution in [3.8, 4) is 11.5 Å². The van der Waals surface area contributed by atoms with E-state index < -0.39 is 10.7 Å². The van der Waals surface area contributed by atoms with Crippen molar-refractivity contribution in [2.24, 2.45) is 0 Å². The van der Waals surface area contributed by atoms with Gasteiger partial charge in [-0.3, -0.25) is 14.9 Å². The zero-order valence-electron chi connectivity index (χ0n) is 9.88. The molecule has 0 amide bonds. The average molecular weight is 296 g/mol. The van der Waals surface area contributed by atoms with E-state index in [0.717, 1.165) is 12.1 Å². The Kier molecular flexibility index (Phi) is 3.95. The summed E-state index contributed by atoms with van der Waals surface area (Å²) >= 11 is 5.60. The second-order valence-corrected chi connectivity index (χ2v) is 4.18. The maximum atomic E-state index is 13.0. The Morgan fingerprint density at radius 1 is 1.20 bits per heavy atom. The number of ether oxygens (including phenoxy) is 1. The van der Waals surface area contributed by atoms with E-state index in [1.807, 2.05) is 0 Å². The standard InChI is InChI=1S/C13H7ClFNO4/c14-11-6-10(1-3-12(11)15)20-9-2-4-13(16(18)19)8(5-9)7-17/h1-7H. The fourth-order valence-corrected chi connectivity index (χ4v) is 1.70. The highest BCUT2D eigenvalue weighted by Crippen LogP contribution is 2.29. The van der Waals surface area contributed by atoms with Gasteiger partial charge in [0, 0.05) is 12.1 Å². The molecule has 2 aromatic rings. The van der Waals surface area contributed by atoms with Gasteiger partial charge in [0.25, 0.3) is 5.69 Å². The number of hydrogen-bond donors (Lipinski definition) is 0. The van der Waals surface area contributed by atoms with E-state index in [2.05, 4.69) is 0 Å². The summed E-state index contributed by atoms with van der Waals surface area (Å²) in [5.41, 5.74) is -0.426. The summed E-state index contributed by atoms with van der Waals surface area (Å²) in [6.45, 7) is 0. The van der Waals surface area contributed by atoms with Gasteiger partial charge in [0.2, 0.25) is 0 Å². The van der Waals surface area contributed by atoms with Crippen LogP contribution in [-0.2, 0) is 0 Å². The molecule has 2 rings (SSSR count). The summed E-state index contributed by atoms with van der Waals surface area (Å²) in [4.78, 5) is 20.8. The first-order valence-electron chi connectivity index (χ1n) is 5.38. The number of nitro benzene ring substituents is 1. The number of aldehydes is 1. The number of carbonyl (C=O) groups excluding carboxylic acids is 1. The molecule has 5 nitrogen and oxygen atoms in total. The number of benzene rings is 2. The highest BCUT2D eigenvalue weighted by molar-refractivity contribution is 6.30. The minimum atomic E-state index is -0.664. The minimum Gasteiger partial charge on any atom is -0.457 e. The fourth-order valence-electron chi connectivity index (χ4n) is 1.53. The van der Waals surface area contributed by atoms with Crippen LogP contribution >= 0.6 is 11.6 Å². The number of nitro groups is 1. The van der Waals surface area contributed by atoms with Crippen molar-refractivity contribution >= 4 is 23.6 Å². The topological polar surface area (TPSA) is 69.4 Å². The molecule has 0 N–H and O–H groups in total. The van der Waals surface area contributed by atoms with Gasteiger partial charge in [-0.05, 0) is 24.3 Å². The molecule has 0 aliphatic heterocycles. The molecule has 102 valence electrons. The molecule has 7 heteroatoms. The molecule has 0 unspecified atom stereocenters. The van der Waals surface area contributed by atoms with Gasteiger partial charge in [0.15, 0.2) is 6.29 Å². The van der Waals surface area contributed by atoms with Gasteiger partial charge in [-0.2, -0.15) is 0 Å². The molecule has 0 aromatic heterocycles. The molecule has 2 aromatic carbocycles. The SMILES string of the molecule is O=Cc1cc(Oc2ccc(F)c(Cl)c2)ccc1[N+](=O)[O-]. The molecule has 0 heterocycles. The van der Waals surface area contributed by atoms with Crippen LogP contribution < -0.4 is 4.74 Å². The monoisotopic (exact) mass is 295 g/mol. The summed E-state index contributed by atoms with van der Waals surface area (Å²) in [5.74, 6) is -0.126. The van der Waals surface area contributed by atoms with Gasteiger partial charge in [0.05, 0.1) is 15.5 Å². The van der Waals surface area contributed by atoms with E-state index in [-0.39, 0.29) is 27.8 Å². The minimum absolute atomic E-state index is 0.110. The third-order valence-electron chi connectivity index (χ3n) is 2.45. The molecule has 0 aliphatic carbocycles. The van der Waals surface area contributed by atoms with Crippen LogP contribution in [0, 0.1) is 15.9 Å². The Morgan fingerprint density at radius 2 is 1.85 bits per heavy atom. The molecule has 0 radical (unpaired) electrons. The van der Waals surface area contributed by atoms with Crippen molar-refractivity contribution in [2.45, 2.75) is 0 Å². The Labute approximate surface area is 117 Å². The molecule has 0 spiro atoms. The van der Waals surface area contributed by atoms with Crippen LogP contribution in [0.3, 0.4) is 0 Å². The molecule has 0 saturated carbocycles. The fraction of sp³-hybridized carbons (Fsp3) is 0. The molecule has 0 aliphatic rings. The zero-order chi connectivity index (χ0) is 14.7. The lowest BCUT2D eigenvalue weighted by Crippen LogP contribution is -1.95. The predicted octanol–water partition coefficient (Wildman–Crippen LogP) is 3.99. The Balaban J connectivity index is 2.32.